The van der Waals surface area contributed by atoms with Gasteiger partial charge in [-0.05, 0) is 23.1 Å². The molecule has 0 heterocycles. The van der Waals surface area contributed by atoms with Gasteiger partial charge in [0.15, 0.2) is 0 Å². The third-order valence-corrected chi connectivity index (χ3v) is 4.42. The normalized spacial score (nSPS) is 18.7. The molecule has 0 spiro atoms. The fourth-order valence-corrected chi connectivity index (χ4v) is 3.19. The van der Waals surface area contributed by atoms with Crippen molar-refractivity contribution in [3.05, 3.63) is 71.3 Å². The number of carboxylic acids is 1. The van der Waals surface area contributed by atoms with Crippen LogP contribution in [0.15, 0.2) is 54.6 Å². The summed E-state index contributed by atoms with van der Waals surface area (Å²) in [6.45, 7) is 0.503. The average molecular weight is 324 g/mol. The van der Waals surface area contributed by atoms with Gasteiger partial charge in [0.1, 0.15) is 0 Å². The number of carboxylic acid groups (broad SMARTS) is 1. The molecule has 0 radical (unpaired) electrons. The molecular weight excluding hydrogens is 304 g/mol. The molecule has 0 aliphatic heterocycles. The molecule has 24 heavy (non-hydrogen) atoms. The zero-order valence-corrected chi connectivity index (χ0v) is 13.5. The van der Waals surface area contributed by atoms with Gasteiger partial charge >= 0.3 is 12.0 Å². The number of rotatable bonds is 4. The van der Waals surface area contributed by atoms with Gasteiger partial charge in [-0.1, -0.05) is 54.6 Å². The summed E-state index contributed by atoms with van der Waals surface area (Å²) in [5, 5.41) is 12.4. The average Bonchev–Trinajstić information content (AvgIpc) is 2.95. The second-order valence-corrected chi connectivity index (χ2v) is 6.10. The van der Waals surface area contributed by atoms with Crippen LogP contribution in [0.4, 0.5) is 4.79 Å². The summed E-state index contributed by atoms with van der Waals surface area (Å²) in [6.07, 6.45) is 0.388. The van der Waals surface area contributed by atoms with E-state index in [2.05, 4.69) is 5.32 Å². The molecule has 5 heteroatoms. The molecule has 2 atom stereocenters. The lowest BCUT2D eigenvalue weighted by Crippen LogP contribution is -2.38. The van der Waals surface area contributed by atoms with Crippen molar-refractivity contribution in [2.45, 2.75) is 24.9 Å². The van der Waals surface area contributed by atoms with Gasteiger partial charge in [-0.25, -0.2) is 4.79 Å². The van der Waals surface area contributed by atoms with Crippen LogP contribution in [0.5, 0.6) is 0 Å². The van der Waals surface area contributed by atoms with Gasteiger partial charge in [0.2, 0.25) is 0 Å². The molecular formula is C19H20N2O3. The number of nitrogens with one attached hydrogen (secondary N) is 1. The number of carbonyl (C=O) groups excluding carboxylic acids is 1. The van der Waals surface area contributed by atoms with Crippen molar-refractivity contribution in [2.75, 3.05) is 7.05 Å². The van der Waals surface area contributed by atoms with Crippen LogP contribution in [0.3, 0.4) is 0 Å². The number of nitrogens with zero attached hydrogens (tertiary/aromatic N) is 1. The van der Waals surface area contributed by atoms with Gasteiger partial charge in [0.25, 0.3) is 0 Å². The van der Waals surface area contributed by atoms with Gasteiger partial charge < -0.3 is 15.3 Å². The molecule has 2 aromatic rings. The maximum Gasteiger partial charge on any atom is 0.317 e. The quantitative estimate of drug-likeness (QED) is 0.908. The lowest BCUT2D eigenvalue weighted by molar-refractivity contribution is -0.138. The number of hydrogen-bond acceptors (Lipinski definition) is 2. The number of fused-ring (bicyclic) bond motifs is 1. The molecule has 0 saturated carbocycles. The van der Waals surface area contributed by atoms with E-state index in [1.807, 2.05) is 54.6 Å². The standard InChI is InChI=1S/C19H20N2O3/c1-21(12-13-7-3-2-4-8-13)19(24)20-17-11-16(18(22)23)14-9-5-6-10-15(14)17/h2-10,16-17H,11-12H2,1H3,(H,20,24)(H,22,23). The summed E-state index contributed by atoms with van der Waals surface area (Å²) >= 11 is 0. The van der Waals surface area contributed by atoms with E-state index in [0.29, 0.717) is 13.0 Å². The maximum atomic E-state index is 12.5. The highest BCUT2D eigenvalue weighted by Gasteiger charge is 2.36. The molecule has 2 unspecified atom stereocenters. The first-order chi connectivity index (χ1) is 11.6. The Bertz CT molecular complexity index is 745. The fourth-order valence-electron chi connectivity index (χ4n) is 3.19. The molecule has 0 bridgehead atoms. The molecule has 0 saturated heterocycles. The largest absolute Gasteiger partial charge is 0.481 e. The van der Waals surface area contributed by atoms with Gasteiger partial charge in [0.05, 0.1) is 12.0 Å². The Hall–Kier alpha value is -2.82. The summed E-state index contributed by atoms with van der Waals surface area (Å²) in [5.74, 6) is -1.41. The van der Waals surface area contributed by atoms with Gasteiger partial charge in [-0.15, -0.1) is 0 Å². The van der Waals surface area contributed by atoms with Crippen molar-refractivity contribution in [3.8, 4) is 0 Å². The molecule has 124 valence electrons. The number of benzene rings is 2. The van der Waals surface area contributed by atoms with Crippen LogP contribution in [-0.2, 0) is 11.3 Å². The minimum Gasteiger partial charge on any atom is -0.481 e. The lowest BCUT2D eigenvalue weighted by Gasteiger charge is -2.22. The Morgan fingerprint density at radius 2 is 1.71 bits per heavy atom. The van der Waals surface area contributed by atoms with E-state index in [9.17, 15) is 14.7 Å². The zero-order valence-electron chi connectivity index (χ0n) is 13.5. The van der Waals surface area contributed by atoms with E-state index in [1.165, 1.54) is 0 Å². The predicted molar refractivity (Wildman–Crippen MR) is 90.6 cm³/mol. The first-order valence-corrected chi connectivity index (χ1v) is 7.93. The monoisotopic (exact) mass is 324 g/mol. The summed E-state index contributed by atoms with van der Waals surface area (Å²) in [5.41, 5.74) is 2.73. The van der Waals surface area contributed by atoms with Crippen LogP contribution in [0.25, 0.3) is 0 Å². The number of hydrogen-bond donors (Lipinski definition) is 2. The Labute approximate surface area is 140 Å². The summed E-state index contributed by atoms with van der Waals surface area (Å²) in [7, 11) is 1.73. The maximum absolute atomic E-state index is 12.5. The highest BCUT2D eigenvalue weighted by Crippen LogP contribution is 2.40. The van der Waals surface area contributed by atoms with E-state index >= 15 is 0 Å². The highest BCUT2D eigenvalue weighted by atomic mass is 16.4. The van der Waals surface area contributed by atoms with Gasteiger partial charge in [0, 0.05) is 13.6 Å². The molecule has 2 aromatic carbocycles. The van der Waals surface area contributed by atoms with Crippen LogP contribution in [0.1, 0.15) is 35.1 Å². The molecule has 5 nitrogen and oxygen atoms in total. The van der Waals surface area contributed by atoms with E-state index in [4.69, 9.17) is 0 Å². The first-order valence-electron chi connectivity index (χ1n) is 7.93. The van der Waals surface area contributed by atoms with Crippen molar-refractivity contribution in [3.63, 3.8) is 0 Å². The van der Waals surface area contributed by atoms with E-state index in [1.54, 1.807) is 11.9 Å². The van der Waals surface area contributed by atoms with Crippen LogP contribution in [0.2, 0.25) is 0 Å². The number of aliphatic carboxylic acids is 1. The number of carbonyl (C=O) groups is 2. The van der Waals surface area contributed by atoms with Crippen molar-refractivity contribution < 1.29 is 14.7 Å². The van der Waals surface area contributed by atoms with E-state index in [-0.39, 0.29) is 12.1 Å². The van der Waals surface area contributed by atoms with Crippen molar-refractivity contribution >= 4 is 12.0 Å². The van der Waals surface area contributed by atoms with Crippen LogP contribution >= 0.6 is 0 Å². The van der Waals surface area contributed by atoms with E-state index < -0.39 is 11.9 Å². The molecule has 3 rings (SSSR count). The summed E-state index contributed by atoms with van der Waals surface area (Å²) < 4.78 is 0. The molecule has 2 N–H and O–H groups in total. The molecule has 1 aliphatic carbocycles. The third-order valence-electron chi connectivity index (χ3n) is 4.42. The first kappa shape index (κ1) is 16.1. The third kappa shape index (κ3) is 3.25. The smallest absolute Gasteiger partial charge is 0.317 e. The highest BCUT2D eigenvalue weighted by molar-refractivity contribution is 5.80. The van der Waals surface area contributed by atoms with Gasteiger partial charge in [-0.3, -0.25) is 4.79 Å². The summed E-state index contributed by atoms with van der Waals surface area (Å²) in [4.78, 5) is 25.5. The number of urea groups is 1. The molecule has 0 aromatic heterocycles. The Balaban J connectivity index is 1.70. The van der Waals surface area contributed by atoms with Crippen LogP contribution in [-0.4, -0.2) is 29.1 Å². The minimum atomic E-state index is -0.850. The SMILES string of the molecule is CN(Cc1ccccc1)C(=O)NC1CC(C(=O)O)c2ccccc21. The van der Waals surface area contributed by atoms with Crippen LogP contribution < -0.4 is 5.32 Å². The molecule has 2 amide bonds. The number of amides is 2. The Morgan fingerprint density at radius 1 is 1.08 bits per heavy atom. The molecule has 1 aliphatic rings. The summed E-state index contributed by atoms with van der Waals surface area (Å²) in [6, 6.07) is 16.7. The van der Waals surface area contributed by atoms with Crippen molar-refractivity contribution in [2.24, 2.45) is 0 Å². The van der Waals surface area contributed by atoms with Crippen molar-refractivity contribution in [1.29, 1.82) is 0 Å². The topological polar surface area (TPSA) is 69.6 Å². The zero-order chi connectivity index (χ0) is 17.1. The predicted octanol–water partition coefficient (Wildman–Crippen LogP) is 3.14. The van der Waals surface area contributed by atoms with E-state index in [0.717, 1.165) is 16.7 Å². The van der Waals surface area contributed by atoms with Crippen molar-refractivity contribution in [1.82, 2.24) is 10.2 Å². The minimum absolute atomic E-state index is 0.204. The Morgan fingerprint density at radius 3 is 2.38 bits per heavy atom. The molecule has 0 fully saturated rings. The fraction of sp³-hybridized carbons (Fsp3) is 0.263. The Kier molecular flexibility index (Phi) is 4.51. The lowest BCUT2D eigenvalue weighted by atomic mass is 10.0. The second kappa shape index (κ2) is 6.74. The second-order valence-electron chi connectivity index (χ2n) is 6.10. The van der Waals surface area contributed by atoms with Crippen LogP contribution in [0, 0.1) is 0 Å². The van der Waals surface area contributed by atoms with Gasteiger partial charge in [-0.2, -0.15) is 0 Å².